The molecule has 1 saturated heterocycles. The van der Waals surface area contributed by atoms with E-state index in [1.807, 2.05) is 30.0 Å². The van der Waals surface area contributed by atoms with Crippen molar-refractivity contribution in [1.29, 1.82) is 0 Å². The summed E-state index contributed by atoms with van der Waals surface area (Å²) in [5, 5.41) is 0. The van der Waals surface area contributed by atoms with E-state index in [-0.39, 0.29) is 17.8 Å². The normalized spacial score (nSPS) is 24.4. The first-order valence-corrected chi connectivity index (χ1v) is 6.73. The molecule has 0 radical (unpaired) electrons. The van der Waals surface area contributed by atoms with E-state index in [4.69, 9.17) is 10.5 Å². The van der Waals surface area contributed by atoms with E-state index in [0.29, 0.717) is 18.5 Å². The Hall–Kier alpha value is -1.72. The summed E-state index contributed by atoms with van der Waals surface area (Å²) in [5.74, 6) is -0.334. The van der Waals surface area contributed by atoms with Gasteiger partial charge in [0.1, 0.15) is 6.04 Å². The highest BCUT2D eigenvalue weighted by Gasteiger charge is 2.40. The van der Waals surface area contributed by atoms with Crippen LogP contribution in [0.2, 0.25) is 0 Å². The second-order valence-electron chi connectivity index (χ2n) is 5.14. The average Bonchev–Trinajstić information content (AvgIpc) is 2.87. The van der Waals surface area contributed by atoms with Crippen molar-refractivity contribution in [3.63, 3.8) is 0 Å². The van der Waals surface area contributed by atoms with E-state index >= 15 is 0 Å². The monoisotopic (exact) mass is 276 g/mol. The standard InChI is InChI=1S/C15H20N2O3/c1-10(14(18)11-6-4-3-5-7-11)17-9-12(16)8-13(17)15(19)20-2/h3-7,10,12-13H,8-9,16H2,1-2H3. The van der Waals surface area contributed by atoms with Crippen LogP contribution in [0.4, 0.5) is 0 Å². The third-order valence-corrected chi connectivity index (χ3v) is 3.78. The number of methoxy groups -OCH3 is 1. The fourth-order valence-electron chi connectivity index (χ4n) is 2.68. The van der Waals surface area contributed by atoms with Crippen LogP contribution >= 0.6 is 0 Å². The molecule has 0 bridgehead atoms. The number of carbonyl (C=O) groups is 2. The minimum Gasteiger partial charge on any atom is -0.468 e. The molecule has 1 aliphatic heterocycles. The fraction of sp³-hybridized carbons (Fsp3) is 0.467. The van der Waals surface area contributed by atoms with Crippen LogP contribution in [0.1, 0.15) is 23.7 Å². The Morgan fingerprint density at radius 2 is 2.00 bits per heavy atom. The van der Waals surface area contributed by atoms with Gasteiger partial charge in [0, 0.05) is 18.2 Å². The molecule has 3 unspecified atom stereocenters. The number of rotatable bonds is 4. The number of esters is 1. The summed E-state index contributed by atoms with van der Waals surface area (Å²) in [6.07, 6.45) is 0.527. The molecule has 2 rings (SSSR count). The lowest BCUT2D eigenvalue weighted by molar-refractivity contribution is -0.146. The SMILES string of the molecule is COC(=O)C1CC(N)CN1C(C)C(=O)c1ccccc1. The summed E-state index contributed by atoms with van der Waals surface area (Å²) in [6, 6.07) is 8.15. The molecule has 1 heterocycles. The van der Waals surface area contributed by atoms with E-state index in [0.717, 1.165) is 0 Å². The van der Waals surface area contributed by atoms with Crippen molar-refractivity contribution in [2.24, 2.45) is 5.73 Å². The largest absolute Gasteiger partial charge is 0.468 e. The quantitative estimate of drug-likeness (QED) is 0.651. The predicted molar refractivity (Wildman–Crippen MR) is 75.3 cm³/mol. The topological polar surface area (TPSA) is 72.6 Å². The van der Waals surface area contributed by atoms with Gasteiger partial charge in [-0.25, -0.2) is 0 Å². The zero-order chi connectivity index (χ0) is 14.7. The van der Waals surface area contributed by atoms with Crippen LogP contribution < -0.4 is 5.73 Å². The lowest BCUT2D eigenvalue weighted by Crippen LogP contribution is -2.46. The van der Waals surface area contributed by atoms with Crippen LogP contribution in [0, 0.1) is 0 Å². The maximum absolute atomic E-state index is 12.5. The molecule has 1 aliphatic rings. The smallest absolute Gasteiger partial charge is 0.323 e. The zero-order valence-corrected chi connectivity index (χ0v) is 11.8. The molecule has 0 aromatic heterocycles. The van der Waals surface area contributed by atoms with Crippen LogP contribution in [-0.4, -0.2) is 48.4 Å². The summed E-state index contributed by atoms with van der Waals surface area (Å²) in [4.78, 5) is 26.1. The summed E-state index contributed by atoms with van der Waals surface area (Å²) in [5.41, 5.74) is 6.57. The molecular formula is C15H20N2O3. The van der Waals surface area contributed by atoms with E-state index < -0.39 is 12.1 Å². The van der Waals surface area contributed by atoms with E-state index in [9.17, 15) is 9.59 Å². The second kappa shape index (κ2) is 6.15. The third-order valence-electron chi connectivity index (χ3n) is 3.78. The van der Waals surface area contributed by atoms with Gasteiger partial charge in [0.25, 0.3) is 0 Å². The van der Waals surface area contributed by atoms with Crippen molar-refractivity contribution in [2.75, 3.05) is 13.7 Å². The Labute approximate surface area is 118 Å². The van der Waals surface area contributed by atoms with Crippen molar-refractivity contribution in [3.05, 3.63) is 35.9 Å². The van der Waals surface area contributed by atoms with Gasteiger partial charge in [0.05, 0.1) is 13.2 Å². The van der Waals surface area contributed by atoms with E-state index in [2.05, 4.69) is 0 Å². The first kappa shape index (κ1) is 14.7. The molecule has 20 heavy (non-hydrogen) atoms. The Morgan fingerprint density at radius 1 is 1.35 bits per heavy atom. The Balaban J connectivity index is 2.17. The Kier molecular flexibility index (Phi) is 4.52. The summed E-state index contributed by atoms with van der Waals surface area (Å²) in [7, 11) is 1.36. The Bertz CT molecular complexity index is 489. The first-order chi connectivity index (χ1) is 9.54. The van der Waals surface area contributed by atoms with E-state index in [1.54, 1.807) is 12.1 Å². The lowest BCUT2D eigenvalue weighted by atomic mass is 10.0. The van der Waals surface area contributed by atoms with Crippen LogP contribution in [-0.2, 0) is 9.53 Å². The number of likely N-dealkylation sites (tertiary alicyclic amines) is 1. The number of hydrogen-bond donors (Lipinski definition) is 1. The number of Topliss-reactive ketones (excluding diaryl/α,β-unsaturated/α-hetero) is 1. The number of ketones is 1. The molecule has 1 fully saturated rings. The molecule has 108 valence electrons. The fourth-order valence-corrected chi connectivity index (χ4v) is 2.68. The van der Waals surface area contributed by atoms with Gasteiger partial charge < -0.3 is 10.5 Å². The van der Waals surface area contributed by atoms with Gasteiger partial charge in [-0.3, -0.25) is 14.5 Å². The molecule has 0 saturated carbocycles. The molecule has 3 atom stereocenters. The van der Waals surface area contributed by atoms with Crippen molar-refractivity contribution >= 4 is 11.8 Å². The molecule has 5 nitrogen and oxygen atoms in total. The highest BCUT2D eigenvalue weighted by molar-refractivity contribution is 6.00. The minimum atomic E-state index is -0.433. The van der Waals surface area contributed by atoms with Crippen molar-refractivity contribution in [1.82, 2.24) is 4.90 Å². The summed E-state index contributed by atoms with van der Waals surface area (Å²) < 4.78 is 4.80. The molecule has 1 aromatic carbocycles. The summed E-state index contributed by atoms with van der Waals surface area (Å²) >= 11 is 0. The van der Waals surface area contributed by atoms with Gasteiger partial charge in [-0.2, -0.15) is 0 Å². The molecule has 0 aliphatic carbocycles. The first-order valence-electron chi connectivity index (χ1n) is 6.73. The molecular weight excluding hydrogens is 256 g/mol. The van der Waals surface area contributed by atoms with Crippen LogP contribution in [0.5, 0.6) is 0 Å². The van der Waals surface area contributed by atoms with Crippen molar-refractivity contribution in [2.45, 2.75) is 31.5 Å². The maximum Gasteiger partial charge on any atom is 0.323 e. The van der Waals surface area contributed by atoms with Gasteiger partial charge in [-0.05, 0) is 13.3 Å². The molecule has 5 heteroatoms. The van der Waals surface area contributed by atoms with Crippen LogP contribution in [0.25, 0.3) is 0 Å². The third kappa shape index (κ3) is 2.89. The Morgan fingerprint density at radius 3 is 2.60 bits per heavy atom. The van der Waals surface area contributed by atoms with E-state index in [1.165, 1.54) is 7.11 Å². The lowest BCUT2D eigenvalue weighted by Gasteiger charge is -2.27. The number of carbonyl (C=O) groups excluding carboxylic acids is 2. The number of hydrogen-bond acceptors (Lipinski definition) is 5. The molecule has 0 spiro atoms. The second-order valence-corrected chi connectivity index (χ2v) is 5.14. The molecule has 0 amide bonds. The van der Waals surface area contributed by atoms with Crippen molar-refractivity contribution in [3.8, 4) is 0 Å². The highest BCUT2D eigenvalue weighted by atomic mass is 16.5. The minimum absolute atomic E-state index is 0.00592. The van der Waals surface area contributed by atoms with Gasteiger partial charge >= 0.3 is 5.97 Å². The molecule has 1 aromatic rings. The number of nitrogens with two attached hydrogens (primary N) is 1. The van der Waals surface area contributed by atoms with Crippen LogP contribution in [0.3, 0.4) is 0 Å². The van der Waals surface area contributed by atoms with Crippen LogP contribution in [0.15, 0.2) is 30.3 Å². The zero-order valence-electron chi connectivity index (χ0n) is 11.8. The van der Waals surface area contributed by atoms with Gasteiger partial charge in [0.2, 0.25) is 0 Å². The number of nitrogens with zero attached hydrogens (tertiary/aromatic N) is 1. The average molecular weight is 276 g/mol. The van der Waals surface area contributed by atoms with Gasteiger partial charge in [-0.1, -0.05) is 30.3 Å². The van der Waals surface area contributed by atoms with Gasteiger partial charge in [0.15, 0.2) is 5.78 Å². The van der Waals surface area contributed by atoms with Gasteiger partial charge in [-0.15, -0.1) is 0 Å². The maximum atomic E-state index is 12.5. The number of ether oxygens (including phenoxy) is 1. The summed E-state index contributed by atoms with van der Waals surface area (Å²) in [6.45, 7) is 2.34. The molecule has 2 N–H and O–H groups in total. The van der Waals surface area contributed by atoms with Crippen molar-refractivity contribution < 1.29 is 14.3 Å². The highest BCUT2D eigenvalue weighted by Crippen LogP contribution is 2.22. The number of benzene rings is 1. The predicted octanol–water partition coefficient (Wildman–Crippen LogP) is 0.832.